The normalized spacial score (nSPS) is 11.9. The zero-order chi connectivity index (χ0) is 11.9. The lowest BCUT2D eigenvalue weighted by atomic mass is 10.2. The molecule has 0 radical (unpaired) electrons. The second-order valence-electron chi connectivity index (χ2n) is 4.59. The Morgan fingerprint density at radius 3 is 2.69 bits per heavy atom. The smallest absolute Gasteiger partial charge is 0.343 e. The van der Waals surface area contributed by atoms with Crippen molar-refractivity contribution in [3.63, 3.8) is 0 Å². The monoisotopic (exact) mass is 220 g/mol. The van der Waals surface area contributed by atoms with Crippen LogP contribution in [0.2, 0.25) is 0 Å². The predicted molar refractivity (Wildman–Crippen MR) is 62.6 cm³/mol. The molecular weight excluding hydrogens is 206 g/mol. The lowest BCUT2D eigenvalue weighted by Gasteiger charge is -2.23. The number of rotatable bonds is 2. The largest absolute Gasteiger partial charge is 0.477 e. The molecule has 2 N–H and O–H groups in total. The van der Waals surface area contributed by atoms with Gasteiger partial charge in [-0.2, -0.15) is 4.98 Å². The van der Waals surface area contributed by atoms with Crippen molar-refractivity contribution in [3.8, 4) is 0 Å². The third-order valence-electron chi connectivity index (χ3n) is 2.38. The molecule has 0 spiro atoms. The highest BCUT2D eigenvalue weighted by Crippen LogP contribution is 2.24. The van der Waals surface area contributed by atoms with E-state index in [2.05, 4.69) is 9.97 Å². The summed E-state index contributed by atoms with van der Waals surface area (Å²) in [5.74, 6) is -0.402. The van der Waals surface area contributed by atoms with Crippen molar-refractivity contribution in [1.82, 2.24) is 14.5 Å². The second kappa shape index (κ2) is 3.31. The Morgan fingerprint density at radius 1 is 1.44 bits per heavy atom. The number of carboxylic acids is 1. The molecule has 0 aliphatic heterocycles. The van der Waals surface area contributed by atoms with Gasteiger partial charge in [-0.25, -0.2) is 4.79 Å². The highest BCUT2D eigenvalue weighted by atomic mass is 16.4. The predicted octanol–water partition coefficient (Wildman–Crippen LogP) is 1.46. The Morgan fingerprint density at radius 2 is 2.12 bits per heavy atom. The Hall–Kier alpha value is -1.88. The minimum Gasteiger partial charge on any atom is -0.477 e. The number of carboxylic acid groups (broad SMARTS) is 1. The maximum absolute atomic E-state index is 11.2. The summed E-state index contributed by atoms with van der Waals surface area (Å²) in [5.41, 5.74) is 0.965. The lowest BCUT2D eigenvalue weighted by Crippen LogP contribution is -2.37. The van der Waals surface area contributed by atoms with E-state index >= 15 is 0 Å². The van der Waals surface area contributed by atoms with Gasteiger partial charge in [0.25, 0.3) is 0 Å². The summed E-state index contributed by atoms with van der Waals surface area (Å²) >= 11 is 0. The van der Waals surface area contributed by atoms with Crippen molar-refractivity contribution < 1.29 is 9.90 Å². The number of aromatic carboxylic acids is 1. The van der Waals surface area contributed by atoms with E-state index in [0.29, 0.717) is 15.9 Å². The molecule has 2 aromatic rings. The maximum atomic E-state index is 11.2. The van der Waals surface area contributed by atoms with Gasteiger partial charge in [0.15, 0.2) is 0 Å². The van der Waals surface area contributed by atoms with Crippen molar-refractivity contribution in [2.45, 2.75) is 0 Å². The molecule has 0 saturated carbocycles. The summed E-state index contributed by atoms with van der Waals surface area (Å²) in [6.07, 6.45) is 1.75. The molecule has 5 nitrogen and oxygen atoms in total. The quantitative estimate of drug-likeness (QED) is 0.753. The minimum absolute atomic E-state index is 0.250. The summed E-state index contributed by atoms with van der Waals surface area (Å²) in [5, 5.41) is 9.98. The first-order chi connectivity index (χ1) is 7.39. The first-order valence-corrected chi connectivity index (χ1v) is 4.93. The van der Waals surface area contributed by atoms with Crippen molar-refractivity contribution in [1.29, 1.82) is 0 Å². The molecule has 0 amide bonds. The summed E-state index contributed by atoms with van der Waals surface area (Å²) in [6, 6.07) is 3.47. The van der Waals surface area contributed by atoms with E-state index in [1.54, 1.807) is 12.3 Å². The average molecular weight is 220 g/mol. The number of fused-ring (bicyclic) bond motifs is 1. The molecule has 84 valence electrons. The van der Waals surface area contributed by atoms with Crippen molar-refractivity contribution in [2.75, 3.05) is 21.1 Å². The van der Waals surface area contributed by atoms with Crippen LogP contribution >= 0.6 is 0 Å². The number of nitrogens with one attached hydrogen (secondary N) is 1. The van der Waals surface area contributed by atoms with Gasteiger partial charge in [0.2, 0.25) is 5.82 Å². The van der Waals surface area contributed by atoms with Crippen molar-refractivity contribution in [3.05, 3.63) is 23.9 Å². The molecule has 0 fully saturated rings. The van der Waals surface area contributed by atoms with Gasteiger partial charge < -0.3 is 10.1 Å². The van der Waals surface area contributed by atoms with Crippen LogP contribution in [0.1, 0.15) is 10.4 Å². The molecule has 0 saturated heterocycles. The molecule has 0 unspecified atom stereocenters. The zero-order valence-corrected chi connectivity index (χ0v) is 9.48. The summed E-state index contributed by atoms with van der Waals surface area (Å²) in [7, 11) is 5.68. The minimum atomic E-state index is -0.946. The number of nitrogens with zero attached hydrogens (tertiary/aromatic N) is 2. The van der Waals surface area contributed by atoms with Crippen LogP contribution < -0.4 is 4.48 Å². The van der Waals surface area contributed by atoms with Crippen molar-refractivity contribution in [2.24, 2.45) is 0 Å². The Kier molecular flexibility index (Phi) is 2.20. The van der Waals surface area contributed by atoms with Crippen LogP contribution in [0, 0.1) is 0 Å². The second-order valence-corrected chi connectivity index (χ2v) is 4.59. The van der Waals surface area contributed by atoms with Gasteiger partial charge in [-0.1, -0.05) is 0 Å². The van der Waals surface area contributed by atoms with E-state index in [-0.39, 0.29) is 5.56 Å². The number of carbonyl (C=O) groups is 1. The fourth-order valence-corrected chi connectivity index (χ4v) is 1.64. The Labute approximate surface area is 92.9 Å². The van der Waals surface area contributed by atoms with Crippen molar-refractivity contribution >= 4 is 22.8 Å². The number of H-pyrrole nitrogens is 1. The summed E-state index contributed by atoms with van der Waals surface area (Å²) in [4.78, 5) is 18.5. The summed E-state index contributed by atoms with van der Waals surface area (Å²) in [6.45, 7) is 0. The fourth-order valence-electron chi connectivity index (χ4n) is 1.64. The molecule has 16 heavy (non-hydrogen) atoms. The standard InChI is InChI=1S/C11H13N3O2/c1-14(2,3)10-8(11(15)16)6-7-4-5-12-9(7)13-10/h4-6H,1-3H3,(H-,12,13,15,16)/p+1. The molecule has 2 heterocycles. The first-order valence-electron chi connectivity index (χ1n) is 4.93. The van der Waals surface area contributed by atoms with Crippen LogP contribution in [0.3, 0.4) is 0 Å². The Balaban J connectivity index is 2.77. The van der Waals surface area contributed by atoms with Gasteiger partial charge in [0.05, 0.1) is 21.1 Å². The third-order valence-corrected chi connectivity index (χ3v) is 2.38. The van der Waals surface area contributed by atoms with Gasteiger partial charge in [-0.3, -0.25) is 4.48 Å². The lowest BCUT2D eigenvalue weighted by molar-refractivity contribution is 0.0695. The van der Waals surface area contributed by atoms with Crippen LogP contribution in [0.15, 0.2) is 18.3 Å². The van der Waals surface area contributed by atoms with E-state index in [4.69, 9.17) is 5.11 Å². The topological polar surface area (TPSA) is 66.0 Å². The number of hydrogen-bond acceptors (Lipinski definition) is 2. The van der Waals surface area contributed by atoms with Crippen LogP contribution in [-0.2, 0) is 0 Å². The molecule has 5 heteroatoms. The molecule has 2 aromatic heterocycles. The van der Waals surface area contributed by atoms with Crippen LogP contribution in [0.5, 0.6) is 0 Å². The van der Waals surface area contributed by atoms with Gasteiger partial charge in [0, 0.05) is 11.6 Å². The number of aromatic nitrogens is 2. The van der Waals surface area contributed by atoms with E-state index in [1.807, 2.05) is 27.2 Å². The number of quaternary nitrogens is 1. The van der Waals surface area contributed by atoms with Gasteiger partial charge >= 0.3 is 5.97 Å². The van der Waals surface area contributed by atoms with E-state index in [0.717, 1.165) is 5.39 Å². The van der Waals surface area contributed by atoms with E-state index < -0.39 is 5.97 Å². The average Bonchev–Trinajstić information content (AvgIpc) is 2.60. The Bertz CT molecular complexity index is 552. The number of hydrogen-bond donors (Lipinski definition) is 2. The van der Waals surface area contributed by atoms with Crippen LogP contribution in [0.4, 0.5) is 5.82 Å². The van der Waals surface area contributed by atoms with E-state index in [1.165, 1.54) is 0 Å². The van der Waals surface area contributed by atoms with Crippen LogP contribution in [-0.4, -0.2) is 42.2 Å². The molecule has 2 rings (SSSR count). The van der Waals surface area contributed by atoms with Crippen LogP contribution in [0.25, 0.3) is 11.0 Å². The third kappa shape index (κ3) is 1.65. The molecule has 0 aromatic carbocycles. The highest BCUT2D eigenvalue weighted by Gasteiger charge is 2.25. The van der Waals surface area contributed by atoms with Gasteiger partial charge in [-0.15, -0.1) is 0 Å². The van der Waals surface area contributed by atoms with Gasteiger partial charge in [0.1, 0.15) is 11.2 Å². The highest BCUT2D eigenvalue weighted by molar-refractivity contribution is 5.97. The molecule has 0 aliphatic carbocycles. The first kappa shape index (κ1) is 10.6. The molecule has 0 aliphatic rings. The molecular formula is C11H14N3O2+. The summed E-state index contributed by atoms with van der Waals surface area (Å²) < 4.78 is 0.372. The van der Waals surface area contributed by atoms with E-state index in [9.17, 15) is 4.79 Å². The number of pyridine rings is 1. The maximum Gasteiger partial charge on any atom is 0.343 e. The zero-order valence-electron chi connectivity index (χ0n) is 9.48. The van der Waals surface area contributed by atoms with Gasteiger partial charge in [-0.05, 0) is 12.1 Å². The number of aromatic amines is 1. The molecule has 0 bridgehead atoms. The fraction of sp³-hybridized carbons (Fsp3) is 0.273. The molecule has 0 atom stereocenters. The SMILES string of the molecule is C[N+](C)(C)c1nc2[nH]ccc2cc1C(=O)O.